The third kappa shape index (κ3) is 2.49. The van der Waals surface area contributed by atoms with Gasteiger partial charge in [0, 0.05) is 16.8 Å². The van der Waals surface area contributed by atoms with E-state index in [0.29, 0.717) is 0 Å². The molecule has 0 bridgehead atoms. The summed E-state index contributed by atoms with van der Waals surface area (Å²) in [7, 11) is 0. The van der Waals surface area contributed by atoms with Gasteiger partial charge >= 0.3 is 5.97 Å². The zero-order valence-electron chi connectivity index (χ0n) is 12.7. The second kappa shape index (κ2) is 5.04. The minimum atomic E-state index is -0.903. The maximum atomic E-state index is 11.5. The molecular formula is C15H23N3O2. The number of anilines is 1. The third-order valence-electron chi connectivity index (χ3n) is 4.65. The normalized spacial score (nSPS) is 15.6. The van der Waals surface area contributed by atoms with Gasteiger partial charge in [-0.05, 0) is 53.4 Å². The van der Waals surface area contributed by atoms with Gasteiger partial charge in [-0.1, -0.05) is 0 Å². The highest BCUT2D eigenvalue weighted by Gasteiger charge is 2.44. The molecule has 0 aromatic carbocycles. The molecule has 2 rings (SSSR count). The summed E-state index contributed by atoms with van der Waals surface area (Å²) < 4.78 is 0. The number of carboxylic acids is 1. The van der Waals surface area contributed by atoms with Crippen molar-refractivity contribution < 1.29 is 9.90 Å². The summed E-state index contributed by atoms with van der Waals surface area (Å²) in [5.74, 6) is -0.0352. The molecule has 0 spiro atoms. The maximum Gasteiger partial charge on any atom is 0.311 e. The summed E-state index contributed by atoms with van der Waals surface area (Å²) >= 11 is 0. The molecule has 1 aromatic rings. The second-order valence-electron chi connectivity index (χ2n) is 6.53. The maximum absolute atomic E-state index is 11.5. The smallest absolute Gasteiger partial charge is 0.311 e. The highest BCUT2D eigenvalue weighted by Crippen LogP contribution is 2.35. The lowest BCUT2D eigenvalue weighted by Gasteiger charge is -2.40. The van der Waals surface area contributed by atoms with Gasteiger partial charge in [0.1, 0.15) is 12.1 Å². The monoisotopic (exact) mass is 277 g/mol. The topological polar surface area (TPSA) is 75.1 Å². The molecule has 110 valence electrons. The predicted molar refractivity (Wildman–Crippen MR) is 77.8 cm³/mol. The largest absolute Gasteiger partial charge is 0.481 e. The molecule has 0 atom stereocenters. The number of rotatable bonds is 4. The van der Waals surface area contributed by atoms with E-state index in [9.17, 15) is 9.90 Å². The van der Waals surface area contributed by atoms with Crippen LogP contribution in [0, 0.1) is 5.41 Å². The lowest BCUT2D eigenvalue weighted by atomic mass is 9.74. The van der Waals surface area contributed by atoms with Gasteiger partial charge in [-0.3, -0.25) is 4.79 Å². The highest BCUT2D eigenvalue weighted by molar-refractivity contribution is 5.76. The highest BCUT2D eigenvalue weighted by atomic mass is 16.4. The van der Waals surface area contributed by atoms with Crippen LogP contribution in [0.4, 0.5) is 5.82 Å². The summed E-state index contributed by atoms with van der Waals surface area (Å²) in [6.45, 7) is 7.27. The van der Waals surface area contributed by atoms with Gasteiger partial charge in [-0.25, -0.2) is 9.97 Å². The van der Waals surface area contributed by atoms with Gasteiger partial charge in [0.25, 0.3) is 0 Å². The molecule has 1 heterocycles. The number of aryl methyl sites for hydroxylation is 1. The Balaban J connectivity index is 2.32. The van der Waals surface area contributed by atoms with Crippen molar-refractivity contribution in [3.63, 3.8) is 0 Å². The Labute approximate surface area is 119 Å². The molecule has 0 amide bonds. The predicted octanol–water partition coefficient (Wildman–Crippen LogP) is 2.66. The van der Waals surface area contributed by atoms with E-state index < -0.39 is 16.9 Å². The van der Waals surface area contributed by atoms with Gasteiger partial charge in [-0.15, -0.1) is 0 Å². The molecule has 1 aromatic heterocycles. The molecule has 5 heteroatoms. The number of carbonyl (C=O) groups is 1. The zero-order chi connectivity index (χ0) is 15.0. The summed E-state index contributed by atoms with van der Waals surface area (Å²) in [4.78, 5) is 20.1. The van der Waals surface area contributed by atoms with Crippen LogP contribution in [-0.4, -0.2) is 26.6 Å². The van der Waals surface area contributed by atoms with E-state index >= 15 is 0 Å². The fourth-order valence-electron chi connectivity index (χ4n) is 2.35. The van der Waals surface area contributed by atoms with Crippen LogP contribution in [0.25, 0.3) is 0 Å². The first-order chi connectivity index (χ1) is 9.25. The first-order valence-electron chi connectivity index (χ1n) is 7.10. The molecule has 5 nitrogen and oxygen atoms in total. The first-order valence-corrected chi connectivity index (χ1v) is 7.10. The van der Waals surface area contributed by atoms with E-state index in [1.165, 1.54) is 0 Å². The van der Waals surface area contributed by atoms with Crippen molar-refractivity contribution >= 4 is 11.8 Å². The zero-order valence-corrected chi connectivity index (χ0v) is 12.7. The number of hydrogen-bond donors (Lipinski definition) is 2. The number of fused-ring (bicyclic) bond motifs is 1. The van der Waals surface area contributed by atoms with Gasteiger partial charge in [0.2, 0.25) is 0 Å². The van der Waals surface area contributed by atoms with E-state index in [-0.39, 0.29) is 0 Å². The molecule has 20 heavy (non-hydrogen) atoms. The minimum absolute atomic E-state index is 0.613. The van der Waals surface area contributed by atoms with Crippen LogP contribution in [-0.2, 0) is 17.6 Å². The number of nitrogens with one attached hydrogen (secondary N) is 1. The number of aromatic nitrogens is 2. The van der Waals surface area contributed by atoms with Crippen LogP contribution in [0.1, 0.15) is 51.8 Å². The van der Waals surface area contributed by atoms with Crippen molar-refractivity contribution in [2.24, 2.45) is 5.41 Å². The van der Waals surface area contributed by atoms with Crippen LogP contribution in [0.5, 0.6) is 0 Å². The minimum Gasteiger partial charge on any atom is -0.481 e. The summed E-state index contributed by atoms with van der Waals surface area (Å²) in [6, 6.07) is 0. The summed E-state index contributed by atoms with van der Waals surface area (Å²) in [5.41, 5.74) is 0.725. The molecule has 1 aliphatic carbocycles. The van der Waals surface area contributed by atoms with Crippen LogP contribution in [0.2, 0.25) is 0 Å². The Morgan fingerprint density at radius 2 is 1.85 bits per heavy atom. The average molecular weight is 277 g/mol. The Morgan fingerprint density at radius 1 is 1.20 bits per heavy atom. The van der Waals surface area contributed by atoms with Crippen molar-refractivity contribution in [3.8, 4) is 0 Å². The van der Waals surface area contributed by atoms with E-state index in [1.54, 1.807) is 20.2 Å². The lowest BCUT2D eigenvalue weighted by molar-refractivity contribution is -0.149. The second-order valence-corrected chi connectivity index (χ2v) is 6.53. The Morgan fingerprint density at radius 3 is 2.50 bits per heavy atom. The van der Waals surface area contributed by atoms with Crippen molar-refractivity contribution in [1.82, 2.24) is 9.97 Å². The van der Waals surface area contributed by atoms with Crippen molar-refractivity contribution in [3.05, 3.63) is 17.6 Å². The SMILES string of the molecule is CC(C)(Nc1ncnc2c1CCCC2)C(C)(C)C(=O)O. The molecule has 2 N–H and O–H groups in total. The quantitative estimate of drug-likeness (QED) is 0.885. The van der Waals surface area contributed by atoms with Crippen LogP contribution >= 0.6 is 0 Å². The van der Waals surface area contributed by atoms with Crippen molar-refractivity contribution in [2.75, 3.05) is 5.32 Å². The van der Waals surface area contributed by atoms with Crippen LogP contribution in [0.15, 0.2) is 6.33 Å². The van der Waals surface area contributed by atoms with Crippen LogP contribution < -0.4 is 5.32 Å². The lowest BCUT2D eigenvalue weighted by Crippen LogP contribution is -2.51. The van der Waals surface area contributed by atoms with E-state index in [2.05, 4.69) is 15.3 Å². The molecule has 0 unspecified atom stereocenters. The van der Waals surface area contributed by atoms with Crippen LogP contribution in [0.3, 0.4) is 0 Å². The number of nitrogens with zero attached hydrogens (tertiary/aromatic N) is 2. The molecule has 0 radical (unpaired) electrons. The number of hydrogen-bond acceptors (Lipinski definition) is 4. The average Bonchev–Trinajstić information content (AvgIpc) is 2.38. The van der Waals surface area contributed by atoms with Crippen molar-refractivity contribution in [1.29, 1.82) is 0 Å². The molecule has 0 fully saturated rings. The summed E-state index contributed by atoms with van der Waals surface area (Å²) in [6.07, 6.45) is 5.80. The number of aliphatic carboxylic acids is 1. The van der Waals surface area contributed by atoms with Gasteiger partial charge in [0.05, 0.1) is 5.41 Å². The standard InChI is InChI=1S/C15H23N3O2/c1-14(2,13(19)20)15(3,4)18-12-10-7-5-6-8-11(10)16-9-17-12/h9H,5-8H2,1-4H3,(H,19,20)(H,16,17,18). The van der Waals surface area contributed by atoms with Crippen molar-refractivity contribution in [2.45, 2.75) is 58.9 Å². The molecular weight excluding hydrogens is 254 g/mol. The molecule has 0 aliphatic heterocycles. The van der Waals surface area contributed by atoms with E-state index in [0.717, 1.165) is 42.8 Å². The first kappa shape index (κ1) is 14.8. The Hall–Kier alpha value is -1.65. The summed E-state index contributed by atoms with van der Waals surface area (Å²) in [5, 5.41) is 12.8. The Kier molecular flexibility index (Phi) is 3.71. The third-order valence-corrected chi connectivity index (χ3v) is 4.65. The van der Waals surface area contributed by atoms with Gasteiger partial charge in [-0.2, -0.15) is 0 Å². The fraction of sp³-hybridized carbons (Fsp3) is 0.667. The molecule has 0 saturated heterocycles. The van der Waals surface area contributed by atoms with E-state index in [4.69, 9.17) is 0 Å². The Bertz CT molecular complexity index is 524. The molecule has 0 saturated carbocycles. The number of carboxylic acid groups (broad SMARTS) is 1. The van der Waals surface area contributed by atoms with E-state index in [1.807, 2.05) is 13.8 Å². The van der Waals surface area contributed by atoms with Gasteiger partial charge < -0.3 is 10.4 Å². The fourth-order valence-corrected chi connectivity index (χ4v) is 2.35. The van der Waals surface area contributed by atoms with Gasteiger partial charge in [0.15, 0.2) is 0 Å². The molecule has 1 aliphatic rings.